The lowest BCUT2D eigenvalue weighted by atomic mass is 9.53. The fraction of sp³-hybridized carbons (Fsp3) is 0.486. The minimum atomic E-state index is -0.929. The first-order valence-electron chi connectivity index (χ1n) is 32.5. The Labute approximate surface area is 547 Å². The van der Waals surface area contributed by atoms with Crippen LogP contribution in [0.3, 0.4) is 0 Å². The molecule has 2 fully saturated rings. The number of nitrogens with zero attached hydrogens (tertiary/aromatic N) is 3. The molecular formula is C70H88N10O14. The van der Waals surface area contributed by atoms with Gasteiger partial charge in [0, 0.05) is 80.2 Å². The zero-order chi connectivity index (χ0) is 66.9. The minimum Gasteiger partial charge on any atom is -0.493 e. The highest BCUT2D eigenvalue weighted by atomic mass is 16.6. The van der Waals surface area contributed by atoms with Crippen LogP contribution in [0.2, 0.25) is 0 Å². The van der Waals surface area contributed by atoms with Gasteiger partial charge in [-0.1, -0.05) is 55.0 Å². The van der Waals surface area contributed by atoms with Crippen molar-refractivity contribution in [3.05, 3.63) is 131 Å². The van der Waals surface area contributed by atoms with Crippen molar-refractivity contribution in [1.29, 1.82) is 5.41 Å². The van der Waals surface area contributed by atoms with Crippen LogP contribution in [0.25, 0.3) is 0 Å². The van der Waals surface area contributed by atoms with Crippen molar-refractivity contribution < 1.29 is 66.8 Å². The van der Waals surface area contributed by atoms with Gasteiger partial charge in [-0.3, -0.25) is 34.4 Å². The van der Waals surface area contributed by atoms with Crippen LogP contribution in [-0.4, -0.2) is 147 Å². The molecule has 2 aliphatic carbocycles. The molecule has 0 aromatic heterocycles. The molecule has 3 heterocycles. The number of nitrogens with one attached hydrogen (secondary N) is 4. The highest BCUT2D eigenvalue weighted by Crippen LogP contribution is 2.64. The molecule has 10 N–H and O–H groups in total. The summed E-state index contributed by atoms with van der Waals surface area (Å²) in [7, 11) is 3.78. The van der Waals surface area contributed by atoms with E-state index in [1.54, 1.807) is 60.5 Å². The summed E-state index contributed by atoms with van der Waals surface area (Å²) in [4.78, 5) is 116. The molecule has 5 aliphatic rings. The van der Waals surface area contributed by atoms with Crippen LogP contribution in [0.15, 0.2) is 108 Å². The van der Waals surface area contributed by atoms with Gasteiger partial charge in [0.2, 0.25) is 17.7 Å². The molecule has 4 aromatic rings. The van der Waals surface area contributed by atoms with Crippen molar-refractivity contribution >= 4 is 59.1 Å². The molecule has 8 atom stereocenters. The fourth-order valence-corrected chi connectivity index (χ4v) is 13.9. The smallest absolute Gasteiger partial charge is 0.415 e. The molecule has 24 nitrogen and oxygen atoms in total. The summed E-state index contributed by atoms with van der Waals surface area (Å²) < 4.78 is 36.2. The second-order valence-corrected chi connectivity index (χ2v) is 25.1. The Balaban J connectivity index is 0.818. The molecule has 2 unspecified atom stereocenters. The van der Waals surface area contributed by atoms with Gasteiger partial charge in [-0.05, 0) is 156 Å². The third kappa shape index (κ3) is 17.7. The summed E-state index contributed by atoms with van der Waals surface area (Å²) >= 11 is 0. The highest BCUT2D eigenvalue weighted by molar-refractivity contribution is 5.92. The van der Waals surface area contributed by atoms with Crippen molar-refractivity contribution in [2.45, 2.75) is 146 Å². The number of allylic oxidation sites excluding steroid dienone is 1. The molecule has 0 radical (unpaired) electrons. The van der Waals surface area contributed by atoms with E-state index in [2.05, 4.69) is 39.0 Å². The monoisotopic (exact) mass is 1290 g/mol. The maximum atomic E-state index is 14.8. The number of amidine groups is 1. The molecular weight excluding hydrogens is 1200 g/mol. The van der Waals surface area contributed by atoms with Gasteiger partial charge in [0.15, 0.2) is 29.3 Å². The number of ether oxygens (including phenoxy) is 6. The number of ketones is 2. The minimum absolute atomic E-state index is 0.0122. The van der Waals surface area contributed by atoms with Crippen molar-refractivity contribution in [2.24, 2.45) is 39.9 Å². The van der Waals surface area contributed by atoms with E-state index >= 15 is 0 Å². The van der Waals surface area contributed by atoms with E-state index in [9.17, 15) is 38.4 Å². The van der Waals surface area contributed by atoms with Gasteiger partial charge < -0.3 is 76.2 Å². The molecule has 1 spiro atoms. The predicted molar refractivity (Wildman–Crippen MR) is 349 cm³/mol. The van der Waals surface area contributed by atoms with E-state index < -0.39 is 59.4 Å². The first-order valence-corrected chi connectivity index (χ1v) is 32.5. The Morgan fingerprint density at radius 2 is 1.63 bits per heavy atom. The number of Topliss-reactive ketones (excluding diaryl/α,β-unsaturated/α-hetero) is 2. The first-order chi connectivity index (χ1) is 45.3. The lowest BCUT2D eigenvalue weighted by Gasteiger charge is -2.56. The Morgan fingerprint density at radius 3 is 2.38 bits per heavy atom. The number of aliphatic imine (C=N–C) groups is 1. The molecule has 94 heavy (non-hydrogen) atoms. The number of rotatable bonds is 33. The Hall–Kier alpha value is -9.32. The Morgan fingerprint density at radius 1 is 0.840 bits per heavy atom. The second kappa shape index (κ2) is 32.5. The molecule has 24 heteroatoms. The lowest BCUT2D eigenvalue weighted by molar-refractivity contribution is -0.148. The van der Waals surface area contributed by atoms with E-state index in [1.807, 2.05) is 42.5 Å². The normalized spacial score (nSPS) is 20.5. The molecule has 2 saturated heterocycles. The van der Waals surface area contributed by atoms with Crippen LogP contribution < -0.4 is 52.1 Å². The lowest BCUT2D eigenvalue weighted by Crippen LogP contribution is -2.63. The zero-order valence-electron chi connectivity index (χ0n) is 53.8. The zero-order valence-corrected chi connectivity index (χ0v) is 53.8. The number of piperidine rings is 2. The van der Waals surface area contributed by atoms with Gasteiger partial charge in [-0.15, -0.1) is 0 Å². The third-order valence-electron chi connectivity index (χ3n) is 18.6. The average Bonchev–Trinajstić information content (AvgIpc) is 1.47. The van der Waals surface area contributed by atoms with Gasteiger partial charge >= 0.3 is 18.0 Å². The topological polar surface area (TPSA) is 349 Å². The number of likely N-dealkylation sites (N-methyl/N-ethyl adjacent to an activating group) is 1. The van der Waals surface area contributed by atoms with Crippen LogP contribution in [0, 0.1) is 23.2 Å². The number of carbonyl (C=O) groups is 8. The van der Waals surface area contributed by atoms with Crippen molar-refractivity contribution in [1.82, 2.24) is 25.8 Å². The highest BCUT2D eigenvalue weighted by Gasteiger charge is 2.65. The Kier molecular flexibility index (Phi) is 23.9. The van der Waals surface area contributed by atoms with E-state index in [1.165, 1.54) is 12.5 Å². The molecule has 4 aromatic carbocycles. The quantitative estimate of drug-likeness (QED) is 0.00909. The number of methoxy groups -OCH3 is 1. The van der Waals surface area contributed by atoms with Crippen molar-refractivity contribution in [3.63, 3.8) is 0 Å². The van der Waals surface area contributed by atoms with Crippen molar-refractivity contribution in [3.8, 4) is 23.0 Å². The number of benzene rings is 4. The van der Waals surface area contributed by atoms with Crippen LogP contribution in [0.4, 0.5) is 4.79 Å². The van der Waals surface area contributed by atoms with E-state index in [0.29, 0.717) is 67.3 Å². The third-order valence-corrected chi connectivity index (χ3v) is 18.6. The molecule has 0 saturated carbocycles. The fourth-order valence-electron chi connectivity index (χ4n) is 13.9. The summed E-state index contributed by atoms with van der Waals surface area (Å²) in [6.07, 6.45) is 5.48. The molecule has 4 amide bonds. The number of unbranched alkanes of at least 4 members (excludes halogenated alkanes) is 1. The van der Waals surface area contributed by atoms with Gasteiger partial charge in [0.05, 0.1) is 37.5 Å². The number of carbonyl (C=O) groups excluding carboxylic acids is 8. The Bertz CT molecular complexity index is 3470. The summed E-state index contributed by atoms with van der Waals surface area (Å²) in [6.45, 7) is 3.07. The number of esters is 2. The number of likely N-dealkylation sites (tertiary alicyclic amines) is 2. The van der Waals surface area contributed by atoms with Gasteiger partial charge in [0.25, 0.3) is 0 Å². The number of hydrogen-bond acceptors (Lipinski definition) is 17. The maximum Gasteiger partial charge on any atom is 0.415 e. The SMILES string of the molecule is COc1ccc2c3c1O[C@H]1C(OC(=O)N4CCC(C(=O)NCCCC[C@H](CC(=O)OCc5ccccc5)C(=O)NCCOc5ccc(C(=O)Oc6cccc(CC(=N)N)c6)cc5)CC4CCC(=O)[C@@H](CCCN=C(N)N)NC(=O)CCC(C)=O)=CC[C@H]4[C@@H](C2)N(C)CC[C@]314. The predicted octanol–water partition coefficient (Wildman–Crippen LogP) is 6.26. The van der Waals surface area contributed by atoms with Gasteiger partial charge in [-0.25, -0.2) is 9.59 Å². The largest absolute Gasteiger partial charge is 0.493 e. The molecule has 2 bridgehead atoms. The van der Waals surface area contributed by atoms with Crippen LogP contribution in [0.5, 0.6) is 23.0 Å². The summed E-state index contributed by atoms with van der Waals surface area (Å²) in [5.74, 6) is -1.40. The molecule has 9 rings (SSSR count). The van der Waals surface area contributed by atoms with E-state index in [-0.39, 0.29) is 143 Å². The number of hydrogen-bond donors (Lipinski definition) is 7. The summed E-state index contributed by atoms with van der Waals surface area (Å²) in [6, 6.07) is 25.1. The number of amides is 4. The van der Waals surface area contributed by atoms with Crippen LogP contribution in [0.1, 0.15) is 129 Å². The number of guanidine groups is 1. The average molecular weight is 1290 g/mol. The number of nitrogens with two attached hydrogens (primary N) is 3. The van der Waals surface area contributed by atoms with Gasteiger partial charge in [-0.2, -0.15) is 0 Å². The standard InChI is InChI=1S/C70H88N10O14/c1-43(81)17-28-60(83)78-54(16-10-32-77-68(73)74)56(82)25-21-50-39-49(29-34-80(50)69(88)93-58-27-24-53-55-40-47-20-26-57(89-3)63-62(47)70(53,64(58)94-63)30-35-79(55)2)66(86)75-31-8-7-14-48(41-61(84)91-42-44-11-5-4-6-12-44)65(85)76-33-36-90-51-22-18-46(19-23-51)67(87)92-52-15-9-13-45(37-52)38-59(71)72/h4-6,9,11-13,15,18-20,22-23,26-27,37,48-50,53-55,64H,7-8,10,14,16-17,21,24-25,28-36,38-42H2,1-3H3,(H3,71,72)(H,75,86)(H,76,85)(H,78,83)(H4,73,74,77)/t48-,49?,50?,53+,54-,55-,64+,70+/m1/s1. The molecule has 3 aliphatic heterocycles. The van der Waals surface area contributed by atoms with Crippen LogP contribution in [-0.2, 0) is 63.1 Å². The molecule has 502 valence electrons. The van der Waals surface area contributed by atoms with Crippen LogP contribution >= 0.6 is 0 Å². The van der Waals surface area contributed by atoms with E-state index in [0.717, 1.165) is 36.1 Å². The van der Waals surface area contributed by atoms with E-state index in [4.69, 9.17) is 51.0 Å². The first kappa shape index (κ1) is 69.0. The summed E-state index contributed by atoms with van der Waals surface area (Å²) in [5, 5.41) is 16.3. The van der Waals surface area contributed by atoms with Crippen molar-refractivity contribution in [2.75, 3.05) is 53.5 Å². The maximum absolute atomic E-state index is 14.8. The second-order valence-electron chi connectivity index (χ2n) is 25.1. The van der Waals surface area contributed by atoms with Gasteiger partial charge in [0.1, 0.15) is 36.3 Å². The summed E-state index contributed by atoms with van der Waals surface area (Å²) in [5.41, 5.74) is 20.4.